The summed E-state index contributed by atoms with van der Waals surface area (Å²) >= 11 is 6.00. The van der Waals surface area contributed by atoms with Crippen LogP contribution in [0.15, 0.2) is 41.3 Å². The maximum Gasteiger partial charge on any atom is 0.356 e. The Labute approximate surface area is 226 Å². The molecule has 2 unspecified atom stereocenters. The number of morpholine rings is 1. The Hall–Kier alpha value is -2.88. The van der Waals surface area contributed by atoms with Gasteiger partial charge < -0.3 is 4.74 Å². The van der Waals surface area contributed by atoms with Crippen molar-refractivity contribution in [2.45, 2.75) is 65.0 Å². The minimum absolute atomic E-state index is 0.0472. The lowest BCUT2D eigenvalue weighted by Gasteiger charge is -2.34. The van der Waals surface area contributed by atoms with E-state index in [9.17, 15) is 14.0 Å². The number of fused-ring (bicyclic) bond motifs is 2. The first-order valence-electron chi connectivity index (χ1n) is 13.1. The number of hydrogen-bond donors (Lipinski definition) is 0. The van der Waals surface area contributed by atoms with E-state index in [4.69, 9.17) is 16.3 Å². The third-order valence-electron chi connectivity index (χ3n) is 7.17. The number of aromatic nitrogens is 4. The van der Waals surface area contributed by atoms with Crippen LogP contribution in [-0.4, -0.2) is 61.9 Å². The minimum Gasteiger partial charge on any atom is -0.378 e. The van der Waals surface area contributed by atoms with Crippen LogP contribution in [0.25, 0.3) is 11.5 Å². The van der Waals surface area contributed by atoms with E-state index in [-0.39, 0.29) is 28.5 Å². The molecule has 38 heavy (non-hydrogen) atoms. The fraction of sp³-hybridized carbons (Fsp3) is 0.500. The number of nitrogens with zero attached hydrogens (tertiary/aromatic N) is 5. The summed E-state index contributed by atoms with van der Waals surface area (Å²) in [5, 5.41) is 4.36. The maximum absolute atomic E-state index is 13.8. The molecule has 5 rings (SSSR count). The molecule has 8 nitrogen and oxygen atoms in total. The molecular formula is C28H33ClFN5O3. The van der Waals surface area contributed by atoms with Crippen molar-refractivity contribution >= 4 is 17.4 Å². The standard InChI is InChI=1S/C28H33ClFN5O3/c1-28(2,3)14-22(36)13-26-32-35(27(37)34(26)19-7-8-24(30)23(29)12-19)25-9-4-18(15-31-25)10-11-33-20-5-6-21(33)17-38-16-20/h4,7-9,12,15,20-21H,5-6,10-11,13-14,16-17H2,1-3H3. The van der Waals surface area contributed by atoms with E-state index in [0.717, 1.165) is 31.7 Å². The van der Waals surface area contributed by atoms with Crippen LogP contribution in [0.5, 0.6) is 0 Å². The molecule has 0 amide bonds. The zero-order chi connectivity index (χ0) is 27.0. The van der Waals surface area contributed by atoms with Gasteiger partial charge in [0.25, 0.3) is 0 Å². The van der Waals surface area contributed by atoms with Gasteiger partial charge >= 0.3 is 5.69 Å². The van der Waals surface area contributed by atoms with E-state index in [0.29, 0.717) is 30.0 Å². The summed E-state index contributed by atoms with van der Waals surface area (Å²) in [5.41, 5.74) is 0.694. The smallest absolute Gasteiger partial charge is 0.356 e. The molecule has 0 saturated carbocycles. The first kappa shape index (κ1) is 26.7. The van der Waals surface area contributed by atoms with Crippen LogP contribution in [0.4, 0.5) is 4.39 Å². The number of halogens is 2. The molecule has 2 saturated heterocycles. The van der Waals surface area contributed by atoms with Gasteiger partial charge in [-0.3, -0.25) is 9.69 Å². The van der Waals surface area contributed by atoms with E-state index < -0.39 is 11.5 Å². The van der Waals surface area contributed by atoms with Crippen molar-refractivity contribution in [3.63, 3.8) is 0 Å². The van der Waals surface area contributed by atoms with Crippen molar-refractivity contribution in [1.29, 1.82) is 0 Å². The molecule has 0 spiro atoms. The Morgan fingerprint density at radius 3 is 2.53 bits per heavy atom. The third kappa shape index (κ3) is 5.75. The summed E-state index contributed by atoms with van der Waals surface area (Å²) < 4.78 is 22.0. The zero-order valence-corrected chi connectivity index (χ0v) is 22.7. The van der Waals surface area contributed by atoms with Crippen LogP contribution in [0.2, 0.25) is 5.02 Å². The number of ether oxygens (including phenoxy) is 1. The molecule has 2 aliphatic rings. The Morgan fingerprint density at radius 1 is 1.16 bits per heavy atom. The van der Waals surface area contributed by atoms with Gasteiger partial charge in [0.05, 0.1) is 30.3 Å². The van der Waals surface area contributed by atoms with Crippen LogP contribution < -0.4 is 5.69 Å². The largest absolute Gasteiger partial charge is 0.378 e. The highest BCUT2D eigenvalue weighted by atomic mass is 35.5. The zero-order valence-electron chi connectivity index (χ0n) is 22.0. The van der Waals surface area contributed by atoms with Gasteiger partial charge in [-0.05, 0) is 54.5 Å². The van der Waals surface area contributed by atoms with Gasteiger partial charge in [-0.15, -0.1) is 5.10 Å². The number of pyridine rings is 1. The van der Waals surface area contributed by atoms with Crippen LogP contribution in [-0.2, 0) is 22.4 Å². The molecule has 2 aromatic heterocycles. The number of hydrogen-bond acceptors (Lipinski definition) is 6. The Bertz CT molecular complexity index is 1360. The Morgan fingerprint density at radius 2 is 1.89 bits per heavy atom. The molecule has 4 heterocycles. The van der Waals surface area contributed by atoms with Crippen molar-refractivity contribution < 1.29 is 13.9 Å². The van der Waals surface area contributed by atoms with Crippen LogP contribution in [0, 0.1) is 11.2 Å². The molecule has 2 bridgehead atoms. The summed E-state index contributed by atoms with van der Waals surface area (Å²) in [4.78, 5) is 33.4. The normalized spacial score (nSPS) is 19.7. The molecule has 202 valence electrons. The number of Topliss-reactive ketones (excluding diaryl/α,β-unsaturated/α-hetero) is 1. The predicted octanol–water partition coefficient (Wildman–Crippen LogP) is 4.16. The van der Waals surface area contributed by atoms with E-state index >= 15 is 0 Å². The van der Waals surface area contributed by atoms with Crippen LogP contribution >= 0.6 is 11.6 Å². The van der Waals surface area contributed by atoms with E-state index in [1.165, 1.54) is 40.3 Å². The van der Waals surface area contributed by atoms with Gasteiger partial charge in [0.2, 0.25) is 0 Å². The summed E-state index contributed by atoms with van der Waals surface area (Å²) in [6.07, 6.45) is 5.28. The SMILES string of the molecule is CC(C)(C)CC(=O)Cc1nn(-c2ccc(CCN3C4CCC3COC4)cn2)c(=O)n1-c1ccc(F)c(Cl)c1. The highest BCUT2D eigenvalue weighted by Crippen LogP contribution is 2.28. The van der Waals surface area contributed by atoms with Crippen molar-refractivity contribution in [3.05, 3.63) is 69.2 Å². The fourth-order valence-corrected chi connectivity index (χ4v) is 5.59. The second-order valence-electron chi connectivity index (χ2n) is 11.4. The van der Waals surface area contributed by atoms with Crippen molar-refractivity contribution in [2.75, 3.05) is 19.8 Å². The quantitative estimate of drug-likeness (QED) is 0.426. The van der Waals surface area contributed by atoms with E-state index in [2.05, 4.69) is 15.0 Å². The highest BCUT2D eigenvalue weighted by Gasteiger charge is 2.36. The minimum atomic E-state index is -0.594. The number of benzene rings is 1. The average molecular weight is 542 g/mol. The Kier molecular flexibility index (Phi) is 7.53. The number of carbonyl (C=O) groups excluding carboxylic acids is 1. The first-order chi connectivity index (χ1) is 18.1. The molecule has 10 heteroatoms. The second kappa shape index (κ2) is 10.7. The average Bonchev–Trinajstić information content (AvgIpc) is 3.28. The molecule has 0 radical (unpaired) electrons. The van der Waals surface area contributed by atoms with Gasteiger partial charge in [-0.1, -0.05) is 38.4 Å². The van der Waals surface area contributed by atoms with Gasteiger partial charge in [0.1, 0.15) is 17.4 Å². The first-order valence-corrected chi connectivity index (χ1v) is 13.4. The fourth-order valence-electron chi connectivity index (χ4n) is 5.41. The predicted molar refractivity (Wildman–Crippen MR) is 143 cm³/mol. The van der Waals surface area contributed by atoms with Crippen molar-refractivity contribution in [3.8, 4) is 11.5 Å². The summed E-state index contributed by atoms with van der Waals surface area (Å²) in [6.45, 7) is 8.49. The Balaban J connectivity index is 1.40. The number of carbonyl (C=O) groups is 1. The second-order valence-corrected chi connectivity index (χ2v) is 11.8. The molecule has 3 aromatic rings. The monoisotopic (exact) mass is 541 g/mol. The molecule has 1 aromatic carbocycles. The van der Waals surface area contributed by atoms with Crippen molar-refractivity contribution in [1.82, 2.24) is 24.2 Å². The lowest BCUT2D eigenvalue weighted by atomic mass is 9.89. The van der Waals surface area contributed by atoms with Crippen LogP contribution in [0.1, 0.15) is 51.4 Å². The topological polar surface area (TPSA) is 82.2 Å². The molecule has 2 aliphatic heterocycles. The molecule has 0 N–H and O–H groups in total. The lowest BCUT2D eigenvalue weighted by Crippen LogP contribution is -2.46. The van der Waals surface area contributed by atoms with Gasteiger partial charge in [-0.2, -0.15) is 4.68 Å². The van der Waals surface area contributed by atoms with Crippen LogP contribution in [0.3, 0.4) is 0 Å². The third-order valence-corrected chi connectivity index (χ3v) is 7.46. The molecule has 0 aliphatic carbocycles. The maximum atomic E-state index is 13.8. The summed E-state index contributed by atoms with van der Waals surface area (Å²) in [6, 6.07) is 8.72. The van der Waals surface area contributed by atoms with E-state index in [1.807, 2.05) is 26.8 Å². The van der Waals surface area contributed by atoms with Gasteiger partial charge in [0, 0.05) is 31.2 Å². The highest BCUT2D eigenvalue weighted by molar-refractivity contribution is 6.30. The van der Waals surface area contributed by atoms with Crippen molar-refractivity contribution in [2.24, 2.45) is 5.41 Å². The van der Waals surface area contributed by atoms with Gasteiger partial charge in [-0.25, -0.2) is 18.7 Å². The van der Waals surface area contributed by atoms with E-state index in [1.54, 1.807) is 12.3 Å². The van der Waals surface area contributed by atoms with Gasteiger partial charge in [0.15, 0.2) is 5.82 Å². The summed E-state index contributed by atoms with van der Waals surface area (Å²) in [5.74, 6) is -0.0460. The molecular weight excluding hydrogens is 509 g/mol. The number of ketones is 1. The number of rotatable bonds is 8. The molecule has 2 fully saturated rings. The molecule has 2 atom stereocenters. The lowest BCUT2D eigenvalue weighted by molar-refractivity contribution is -0.120. The summed E-state index contributed by atoms with van der Waals surface area (Å²) in [7, 11) is 0.